The maximum Gasteiger partial charge on any atom is 0.137 e. The van der Waals surface area contributed by atoms with Crippen molar-refractivity contribution in [1.29, 1.82) is 0 Å². The number of hydrogen-bond acceptors (Lipinski definition) is 2. The molecule has 5 heteroatoms. The van der Waals surface area contributed by atoms with E-state index in [1.165, 1.54) is 13.2 Å². The molecule has 0 saturated heterocycles. The number of benzene rings is 2. The Morgan fingerprint density at radius 3 is 2.55 bits per heavy atom. The topological polar surface area (TPSA) is 29.5 Å². The van der Waals surface area contributed by atoms with E-state index >= 15 is 0 Å². The van der Waals surface area contributed by atoms with Gasteiger partial charge in [0.05, 0.1) is 18.2 Å². The molecule has 1 N–H and O–H groups in total. The largest absolute Gasteiger partial charge is 0.495 e. The van der Waals surface area contributed by atoms with Gasteiger partial charge in [-0.3, -0.25) is 0 Å². The standard InChI is InChI=1S/C15H13ClF2O2/c1-20-15-5-3-10(6-12(15)16)14(19)7-9-2-4-11(17)8-13(9)18/h2-6,8,14,19H,7H2,1H3. The lowest BCUT2D eigenvalue weighted by molar-refractivity contribution is 0.177. The van der Waals surface area contributed by atoms with Crippen LogP contribution < -0.4 is 4.74 Å². The lowest BCUT2D eigenvalue weighted by atomic mass is 10.0. The van der Waals surface area contributed by atoms with Gasteiger partial charge in [-0.1, -0.05) is 23.7 Å². The number of methoxy groups -OCH3 is 1. The Balaban J connectivity index is 2.19. The summed E-state index contributed by atoms with van der Waals surface area (Å²) < 4.78 is 31.4. The van der Waals surface area contributed by atoms with Gasteiger partial charge in [0, 0.05) is 12.5 Å². The van der Waals surface area contributed by atoms with E-state index in [0.717, 1.165) is 12.1 Å². The second-order valence-corrected chi connectivity index (χ2v) is 4.76. The lowest BCUT2D eigenvalue weighted by Crippen LogP contribution is -2.04. The summed E-state index contributed by atoms with van der Waals surface area (Å²) >= 11 is 5.97. The molecule has 0 aliphatic heterocycles. The fourth-order valence-corrected chi connectivity index (χ4v) is 2.17. The zero-order valence-corrected chi connectivity index (χ0v) is 11.5. The average molecular weight is 299 g/mol. The normalized spacial score (nSPS) is 12.2. The first kappa shape index (κ1) is 14.8. The Hall–Kier alpha value is -1.65. The van der Waals surface area contributed by atoms with Crippen molar-refractivity contribution in [2.24, 2.45) is 0 Å². The van der Waals surface area contributed by atoms with E-state index in [0.29, 0.717) is 16.3 Å². The molecule has 0 fully saturated rings. The second-order valence-electron chi connectivity index (χ2n) is 4.35. The Morgan fingerprint density at radius 1 is 1.20 bits per heavy atom. The third-order valence-corrected chi connectivity index (χ3v) is 3.28. The van der Waals surface area contributed by atoms with Crippen LogP contribution in [0.2, 0.25) is 5.02 Å². The zero-order chi connectivity index (χ0) is 14.7. The van der Waals surface area contributed by atoms with Crippen LogP contribution in [0, 0.1) is 11.6 Å². The molecule has 1 atom stereocenters. The summed E-state index contributed by atoms with van der Waals surface area (Å²) in [5.41, 5.74) is 0.783. The molecular formula is C15H13ClF2O2. The summed E-state index contributed by atoms with van der Waals surface area (Å²) in [7, 11) is 1.49. The molecule has 0 heterocycles. The van der Waals surface area contributed by atoms with E-state index in [-0.39, 0.29) is 12.0 Å². The molecule has 2 aromatic carbocycles. The van der Waals surface area contributed by atoms with Gasteiger partial charge < -0.3 is 9.84 Å². The summed E-state index contributed by atoms with van der Waals surface area (Å²) in [5.74, 6) is -0.826. The zero-order valence-electron chi connectivity index (χ0n) is 10.7. The predicted octanol–water partition coefficient (Wildman–Crippen LogP) is 3.90. The summed E-state index contributed by atoms with van der Waals surface area (Å²) in [5, 5.41) is 10.5. The molecule has 0 bridgehead atoms. The van der Waals surface area contributed by atoms with Crippen LogP contribution in [0.4, 0.5) is 8.78 Å². The van der Waals surface area contributed by atoms with Gasteiger partial charge in [-0.25, -0.2) is 8.78 Å². The maximum atomic E-state index is 13.5. The van der Waals surface area contributed by atoms with E-state index in [1.54, 1.807) is 18.2 Å². The van der Waals surface area contributed by atoms with Crippen molar-refractivity contribution in [3.8, 4) is 5.75 Å². The minimum absolute atomic E-state index is 0.0365. The SMILES string of the molecule is COc1ccc(C(O)Cc2ccc(F)cc2F)cc1Cl. The quantitative estimate of drug-likeness (QED) is 0.927. The number of hydrogen-bond donors (Lipinski definition) is 1. The fraction of sp³-hybridized carbons (Fsp3) is 0.200. The van der Waals surface area contributed by atoms with Gasteiger partial charge in [0.15, 0.2) is 0 Å². The van der Waals surface area contributed by atoms with Crippen LogP contribution in [0.1, 0.15) is 17.2 Å². The Kier molecular flexibility index (Phi) is 4.57. The number of aliphatic hydroxyl groups is 1. The van der Waals surface area contributed by atoms with Crippen LogP contribution in [0.3, 0.4) is 0 Å². The molecule has 0 spiro atoms. The monoisotopic (exact) mass is 298 g/mol. The van der Waals surface area contributed by atoms with Crippen molar-refractivity contribution >= 4 is 11.6 Å². The van der Waals surface area contributed by atoms with Gasteiger partial charge in [-0.15, -0.1) is 0 Å². The molecule has 2 nitrogen and oxygen atoms in total. The molecule has 1 unspecified atom stereocenters. The fourth-order valence-electron chi connectivity index (χ4n) is 1.90. The number of ether oxygens (including phenoxy) is 1. The van der Waals surface area contributed by atoms with Gasteiger partial charge in [0.25, 0.3) is 0 Å². The van der Waals surface area contributed by atoms with Crippen LogP contribution in [0.15, 0.2) is 36.4 Å². The first-order valence-corrected chi connectivity index (χ1v) is 6.34. The summed E-state index contributed by atoms with van der Waals surface area (Å²) in [6.07, 6.45) is -0.896. The van der Waals surface area contributed by atoms with Gasteiger partial charge in [0.1, 0.15) is 17.4 Å². The highest BCUT2D eigenvalue weighted by Gasteiger charge is 2.14. The van der Waals surface area contributed by atoms with E-state index in [9.17, 15) is 13.9 Å². The molecular weight excluding hydrogens is 286 g/mol. The van der Waals surface area contributed by atoms with Gasteiger partial charge in [0.2, 0.25) is 0 Å². The molecule has 0 aliphatic rings. The lowest BCUT2D eigenvalue weighted by Gasteiger charge is -2.13. The van der Waals surface area contributed by atoms with Crippen molar-refractivity contribution in [2.75, 3.05) is 7.11 Å². The molecule has 0 aromatic heterocycles. The van der Waals surface area contributed by atoms with E-state index in [2.05, 4.69) is 0 Å². The molecule has 0 amide bonds. The highest BCUT2D eigenvalue weighted by atomic mass is 35.5. The van der Waals surface area contributed by atoms with E-state index < -0.39 is 17.7 Å². The van der Waals surface area contributed by atoms with Gasteiger partial charge in [-0.2, -0.15) is 0 Å². The summed E-state index contributed by atoms with van der Waals surface area (Å²) in [6, 6.07) is 8.11. The Labute approximate surface area is 120 Å². The highest BCUT2D eigenvalue weighted by Crippen LogP contribution is 2.29. The molecule has 20 heavy (non-hydrogen) atoms. The van der Waals surface area contributed by atoms with E-state index in [4.69, 9.17) is 16.3 Å². The minimum Gasteiger partial charge on any atom is -0.495 e. The molecule has 106 valence electrons. The highest BCUT2D eigenvalue weighted by molar-refractivity contribution is 6.32. The molecule has 0 radical (unpaired) electrons. The van der Waals surface area contributed by atoms with Crippen molar-refractivity contribution in [3.05, 3.63) is 64.2 Å². The van der Waals surface area contributed by atoms with E-state index in [1.807, 2.05) is 0 Å². The second kappa shape index (κ2) is 6.20. The Bertz CT molecular complexity index is 617. The van der Waals surface area contributed by atoms with Gasteiger partial charge in [-0.05, 0) is 29.3 Å². The molecule has 0 saturated carbocycles. The third-order valence-electron chi connectivity index (χ3n) is 2.99. The number of rotatable bonds is 4. The molecule has 2 rings (SSSR count). The van der Waals surface area contributed by atoms with Crippen LogP contribution in [0.5, 0.6) is 5.75 Å². The third kappa shape index (κ3) is 3.26. The predicted molar refractivity (Wildman–Crippen MR) is 73.0 cm³/mol. The summed E-state index contributed by atoms with van der Waals surface area (Å²) in [4.78, 5) is 0. The van der Waals surface area contributed by atoms with Crippen LogP contribution in [-0.2, 0) is 6.42 Å². The smallest absolute Gasteiger partial charge is 0.137 e. The van der Waals surface area contributed by atoms with Crippen molar-refractivity contribution in [2.45, 2.75) is 12.5 Å². The first-order chi connectivity index (χ1) is 9.51. The average Bonchev–Trinajstić information content (AvgIpc) is 2.41. The van der Waals surface area contributed by atoms with Crippen molar-refractivity contribution < 1.29 is 18.6 Å². The van der Waals surface area contributed by atoms with Crippen molar-refractivity contribution in [1.82, 2.24) is 0 Å². The van der Waals surface area contributed by atoms with Crippen LogP contribution >= 0.6 is 11.6 Å². The number of aliphatic hydroxyl groups excluding tert-OH is 1. The van der Waals surface area contributed by atoms with Gasteiger partial charge >= 0.3 is 0 Å². The van der Waals surface area contributed by atoms with Crippen LogP contribution in [0.25, 0.3) is 0 Å². The Morgan fingerprint density at radius 2 is 1.95 bits per heavy atom. The molecule has 2 aromatic rings. The van der Waals surface area contributed by atoms with Crippen LogP contribution in [-0.4, -0.2) is 12.2 Å². The minimum atomic E-state index is -0.932. The molecule has 0 aliphatic carbocycles. The first-order valence-electron chi connectivity index (χ1n) is 5.96. The summed E-state index contributed by atoms with van der Waals surface area (Å²) in [6.45, 7) is 0. The number of halogens is 3. The van der Waals surface area contributed by atoms with Crippen molar-refractivity contribution in [3.63, 3.8) is 0 Å². The maximum absolute atomic E-state index is 13.5.